The van der Waals surface area contributed by atoms with Gasteiger partial charge in [0, 0.05) is 52.8 Å². The van der Waals surface area contributed by atoms with E-state index >= 15 is 4.39 Å². The molecule has 12 nitrogen and oxygen atoms in total. The molecule has 0 aromatic rings. The van der Waals surface area contributed by atoms with E-state index in [1.807, 2.05) is 26.8 Å². The molecule has 0 saturated heterocycles. The first kappa shape index (κ1) is 50.7. The molecule has 5 unspecified atom stereocenters. The van der Waals surface area contributed by atoms with Crippen LogP contribution in [0.5, 0.6) is 0 Å². The van der Waals surface area contributed by atoms with Gasteiger partial charge in [-0.05, 0) is 145 Å². The number of aliphatic hydroxyl groups is 4. The van der Waals surface area contributed by atoms with E-state index in [0.717, 1.165) is 18.4 Å². The zero-order valence-corrected chi connectivity index (χ0v) is 40.7. The molecule has 15 atom stereocenters. The van der Waals surface area contributed by atoms with E-state index in [1.54, 1.807) is 25.2 Å². The van der Waals surface area contributed by atoms with E-state index in [1.165, 1.54) is 18.6 Å². The lowest BCUT2D eigenvalue weighted by atomic mass is 9.44. The zero-order chi connectivity index (χ0) is 49.2. The predicted molar refractivity (Wildman–Crippen MR) is 249 cm³/mol. The molecule has 8 aliphatic carbocycles. The second-order valence-corrected chi connectivity index (χ2v) is 23.1. The summed E-state index contributed by atoms with van der Waals surface area (Å²) in [6.45, 7) is 9.04. The molecule has 8 rings (SSSR count). The quantitative estimate of drug-likeness (QED) is 0.0840. The number of carbonyl (C=O) groups is 6. The third kappa shape index (κ3) is 7.90. The van der Waals surface area contributed by atoms with E-state index in [-0.39, 0.29) is 79.9 Å². The molecule has 13 heteroatoms. The average Bonchev–Trinajstić information content (AvgIpc) is 3.67. The van der Waals surface area contributed by atoms with Gasteiger partial charge in [0.25, 0.3) is 0 Å². The second kappa shape index (κ2) is 18.5. The number of Topliss-reactive ketones (excluding diaryl/α,β-unsaturated/α-hetero) is 2. The molecule has 0 heterocycles. The van der Waals surface area contributed by atoms with Crippen LogP contribution < -0.4 is 0 Å². The minimum absolute atomic E-state index is 0.00345. The minimum atomic E-state index is -2.03. The number of fused-ring (bicyclic) bond motifs is 10. The number of allylic oxidation sites excluding steroid dienone is 8. The number of ether oxygens (including phenoxy) is 2. The zero-order valence-electron chi connectivity index (χ0n) is 40.7. The number of hydrogen-bond acceptors (Lipinski definition) is 12. The van der Waals surface area contributed by atoms with Crippen LogP contribution in [0.25, 0.3) is 0 Å². The maximum Gasteiger partial charge on any atom is 0.306 e. The van der Waals surface area contributed by atoms with Gasteiger partial charge >= 0.3 is 11.9 Å². The third-order valence-electron chi connectivity index (χ3n) is 19.8. The van der Waals surface area contributed by atoms with E-state index in [9.17, 15) is 49.2 Å². The van der Waals surface area contributed by atoms with Crippen molar-refractivity contribution < 1.29 is 63.1 Å². The number of halogens is 1. The smallest absolute Gasteiger partial charge is 0.306 e. The van der Waals surface area contributed by atoms with Crippen molar-refractivity contribution in [2.24, 2.45) is 57.2 Å². The van der Waals surface area contributed by atoms with Crippen LogP contribution in [0.1, 0.15) is 150 Å². The average molecular weight is 946 g/mol. The molecule has 6 fully saturated rings. The van der Waals surface area contributed by atoms with Crippen LogP contribution in [0.4, 0.5) is 4.39 Å². The van der Waals surface area contributed by atoms with Crippen molar-refractivity contribution in [2.75, 3.05) is 13.2 Å². The molecule has 0 aromatic heterocycles. The van der Waals surface area contributed by atoms with Crippen molar-refractivity contribution >= 4 is 35.1 Å². The Morgan fingerprint density at radius 2 is 1.41 bits per heavy atom. The Balaban J connectivity index is 0.698. The summed E-state index contributed by atoms with van der Waals surface area (Å²) in [5, 5.41) is 47.4. The van der Waals surface area contributed by atoms with Crippen LogP contribution in [0.2, 0.25) is 0 Å². The fraction of sp³-hybridized carbons (Fsp3) is 0.727. The van der Waals surface area contributed by atoms with E-state index in [0.29, 0.717) is 76.2 Å². The van der Waals surface area contributed by atoms with Gasteiger partial charge in [-0.2, -0.15) is 0 Å². The van der Waals surface area contributed by atoms with Crippen molar-refractivity contribution in [1.29, 1.82) is 0 Å². The normalized spacial score (nSPS) is 43.2. The summed E-state index contributed by atoms with van der Waals surface area (Å²) in [6.07, 6.45) is 17.0. The molecular weight excluding hydrogens is 872 g/mol. The Hall–Kier alpha value is -3.65. The Labute approximate surface area is 400 Å². The van der Waals surface area contributed by atoms with Crippen LogP contribution >= 0.6 is 0 Å². The van der Waals surface area contributed by atoms with Gasteiger partial charge in [0.2, 0.25) is 5.78 Å². The highest BCUT2D eigenvalue weighted by molar-refractivity contribution is 6.02. The summed E-state index contributed by atoms with van der Waals surface area (Å²) in [4.78, 5) is 76.8. The van der Waals surface area contributed by atoms with Crippen LogP contribution in [0.3, 0.4) is 0 Å². The van der Waals surface area contributed by atoms with E-state index < -0.39 is 86.7 Å². The number of alkyl halides is 1. The van der Waals surface area contributed by atoms with Gasteiger partial charge in [0.15, 0.2) is 29.6 Å². The van der Waals surface area contributed by atoms with E-state index in [2.05, 4.69) is 6.92 Å². The number of aliphatic hydroxyl groups excluding tert-OH is 2. The number of carbonyl (C=O) groups excluding carboxylic acids is 6. The van der Waals surface area contributed by atoms with Crippen molar-refractivity contribution in [2.45, 2.75) is 179 Å². The molecule has 0 spiro atoms. The summed E-state index contributed by atoms with van der Waals surface area (Å²) >= 11 is 0. The molecule has 0 bridgehead atoms. The summed E-state index contributed by atoms with van der Waals surface area (Å²) in [6, 6.07) is 0. The Morgan fingerprint density at radius 3 is 2.13 bits per heavy atom. The maximum atomic E-state index is 17.5. The van der Waals surface area contributed by atoms with Crippen LogP contribution in [-0.2, 0) is 38.2 Å². The molecule has 0 amide bonds. The molecule has 0 aromatic carbocycles. The highest BCUT2D eigenvalue weighted by atomic mass is 19.1. The standard InChI is InChI=1S/C55H74FO12/c1-33-27-41-40-19-17-35-29-37(58)21-24-50(35,3)54(40,56)44(61)31-52(41,5)55(33,66)43(60)13-9-6-7-10-14-46(63)67-26-12-8-11-15-47(64)68-32-45(62)53(65)25-22-39-38-18-16-34-28-36(57)20-23-49(34,2)48(38)42(59)30-51(39,53)4/h13,20-21,23-24,28-29,33,38-42,44,48,59,61,65-66H,6-12,14-19,22,25-27,30-32H2,1-5H3/t33-,38?,39?,40?,41?,42+,44+,48?,49+,50+,51+,52+,53+,54+,55+/m1/s1. The number of esters is 2. The first-order valence-electron chi connectivity index (χ1n) is 25.6. The Kier molecular flexibility index (Phi) is 13.8. The summed E-state index contributed by atoms with van der Waals surface area (Å²) in [5.41, 5.74) is -7.32. The van der Waals surface area contributed by atoms with Crippen molar-refractivity contribution in [3.8, 4) is 0 Å². The molecule has 4 N–H and O–H groups in total. The topological polar surface area (TPSA) is 202 Å². The number of hydrogen-bond donors (Lipinski definition) is 4. The molecular formula is C55H74FO12. The van der Waals surface area contributed by atoms with Gasteiger partial charge < -0.3 is 29.9 Å². The molecule has 373 valence electrons. The van der Waals surface area contributed by atoms with Crippen LogP contribution in [0, 0.1) is 63.6 Å². The van der Waals surface area contributed by atoms with Gasteiger partial charge in [-0.1, -0.05) is 63.8 Å². The van der Waals surface area contributed by atoms with Crippen molar-refractivity contribution in [3.63, 3.8) is 0 Å². The maximum absolute atomic E-state index is 17.5. The van der Waals surface area contributed by atoms with Crippen LogP contribution in [-0.4, -0.2) is 97.8 Å². The predicted octanol–water partition coefficient (Wildman–Crippen LogP) is 7.28. The largest absolute Gasteiger partial charge is 0.466 e. The van der Waals surface area contributed by atoms with Gasteiger partial charge in [-0.15, -0.1) is 0 Å². The fourth-order valence-corrected chi connectivity index (χ4v) is 16.0. The van der Waals surface area contributed by atoms with Gasteiger partial charge in [0.1, 0.15) is 11.2 Å². The Morgan fingerprint density at radius 1 is 0.765 bits per heavy atom. The first-order chi connectivity index (χ1) is 32.0. The summed E-state index contributed by atoms with van der Waals surface area (Å²) in [5.74, 6) is -3.48. The highest BCUT2D eigenvalue weighted by Crippen LogP contribution is 2.71. The van der Waals surface area contributed by atoms with E-state index in [4.69, 9.17) is 9.47 Å². The minimum Gasteiger partial charge on any atom is -0.466 e. The lowest BCUT2D eigenvalue weighted by molar-refractivity contribution is -0.217. The first-order valence-corrected chi connectivity index (χ1v) is 25.6. The lowest BCUT2D eigenvalue weighted by Gasteiger charge is -2.62. The summed E-state index contributed by atoms with van der Waals surface area (Å²) < 4.78 is 28.2. The van der Waals surface area contributed by atoms with Gasteiger partial charge in [-0.25, -0.2) is 4.39 Å². The highest BCUT2D eigenvalue weighted by Gasteiger charge is 2.75. The van der Waals surface area contributed by atoms with Crippen molar-refractivity contribution in [3.05, 3.63) is 54.0 Å². The molecule has 0 aliphatic heterocycles. The third-order valence-corrected chi connectivity index (χ3v) is 19.8. The number of unbranched alkanes of at least 4 members (excludes halogenated alkanes) is 5. The monoisotopic (exact) mass is 946 g/mol. The van der Waals surface area contributed by atoms with Crippen LogP contribution in [0.15, 0.2) is 47.6 Å². The molecule has 6 saturated carbocycles. The molecule has 68 heavy (non-hydrogen) atoms. The van der Waals surface area contributed by atoms with Gasteiger partial charge in [-0.3, -0.25) is 28.8 Å². The number of ketones is 4. The summed E-state index contributed by atoms with van der Waals surface area (Å²) in [7, 11) is 0. The molecule has 8 aliphatic rings. The SMILES string of the molecule is C[C@@H]1CC2C3CCC4=CC(=O)C=C[C@]4(C)[C@@]3(F)[C@@H](O)C[C@]2(C)[C@@]1(O)C(=O)[CH]CCCCCC(=O)OCCCCCC(=O)OCC(=O)[C@@]1(O)CCC2C3CCC4=CC(=O)C=C[C@]4(C)C3[C@@H](O)C[C@@]21C. The Bertz CT molecular complexity index is 2190. The fourth-order valence-electron chi connectivity index (χ4n) is 16.0. The van der Waals surface area contributed by atoms with Gasteiger partial charge in [0.05, 0.1) is 18.8 Å². The van der Waals surface area contributed by atoms with Crippen molar-refractivity contribution in [1.82, 2.24) is 0 Å². The number of rotatable bonds is 17. The second-order valence-electron chi connectivity index (χ2n) is 23.1. The molecule has 1 radical (unpaired) electrons. The lowest BCUT2D eigenvalue weighted by Crippen LogP contribution is -2.69.